The van der Waals surface area contributed by atoms with Gasteiger partial charge >= 0.3 is 0 Å². The van der Waals surface area contributed by atoms with Crippen LogP contribution < -0.4 is 0 Å². The van der Waals surface area contributed by atoms with Crippen LogP contribution in [0.5, 0.6) is 0 Å². The first-order valence-corrected chi connectivity index (χ1v) is 9.15. The fourth-order valence-electron chi connectivity index (χ4n) is 4.41. The van der Waals surface area contributed by atoms with Crippen molar-refractivity contribution in [3.05, 3.63) is 100 Å². The maximum absolute atomic E-state index is 11.2. The standard InChI is InChI=1S/C23H18N2O2/c26-25(27)18-10-6-9-17(15-18)20-13-14-22-23(16-7-2-1-3-8-16)19-11-4-5-12-21(19)24(20)22/h1-12,15,20H,13-14H2. The Bertz CT molecular complexity index is 1160. The second kappa shape index (κ2) is 6.09. The Labute approximate surface area is 156 Å². The molecule has 1 atom stereocenters. The number of nitro benzene ring substituents is 1. The van der Waals surface area contributed by atoms with E-state index >= 15 is 0 Å². The summed E-state index contributed by atoms with van der Waals surface area (Å²) in [5, 5.41) is 12.5. The molecule has 4 heteroatoms. The van der Waals surface area contributed by atoms with Gasteiger partial charge in [0, 0.05) is 34.3 Å². The van der Waals surface area contributed by atoms with E-state index in [2.05, 4.69) is 53.1 Å². The molecular weight excluding hydrogens is 336 g/mol. The second-order valence-electron chi connectivity index (χ2n) is 6.98. The first-order chi connectivity index (χ1) is 13.2. The molecule has 0 N–H and O–H groups in total. The van der Waals surface area contributed by atoms with Crippen LogP contribution in [0, 0.1) is 10.1 Å². The van der Waals surface area contributed by atoms with Gasteiger partial charge in [-0.2, -0.15) is 0 Å². The molecule has 5 rings (SSSR count). The summed E-state index contributed by atoms with van der Waals surface area (Å²) in [6, 6.07) is 26.2. The summed E-state index contributed by atoms with van der Waals surface area (Å²) in [6.45, 7) is 0. The first kappa shape index (κ1) is 15.8. The minimum absolute atomic E-state index is 0.127. The number of fused-ring (bicyclic) bond motifs is 3. The van der Waals surface area contributed by atoms with Gasteiger partial charge < -0.3 is 4.57 Å². The minimum atomic E-state index is -0.317. The Balaban J connectivity index is 1.74. The molecule has 0 amide bonds. The fourth-order valence-corrected chi connectivity index (χ4v) is 4.41. The average Bonchev–Trinajstić information content (AvgIpc) is 3.27. The Morgan fingerprint density at radius 2 is 1.70 bits per heavy atom. The molecule has 27 heavy (non-hydrogen) atoms. The van der Waals surface area contributed by atoms with Gasteiger partial charge in [0.2, 0.25) is 0 Å². The zero-order chi connectivity index (χ0) is 18.4. The van der Waals surface area contributed by atoms with Crippen LogP contribution in [0.2, 0.25) is 0 Å². The van der Waals surface area contributed by atoms with E-state index in [1.54, 1.807) is 18.2 Å². The van der Waals surface area contributed by atoms with Crippen LogP contribution in [0.3, 0.4) is 0 Å². The van der Waals surface area contributed by atoms with Gasteiger partial charge in [-0.25, -0.2) is 0 Å². The quantitative estimate of drug-likeness (QED) is 0.347. The number of nitrogens with zero attached hydrogens (tertiary/aromatic N) is 2. The summed E-state index contributed by atoms with van der Waals surface area (Å²) in [7, 11) is 0. The molecule has 1 aliphatic heterocycles. The molecule has 4 aromatic rings. The van der Waals surface area contributed by atoms with Gasteiger partial charge in [-0.1, -0.05) is 60.7 Å². The van der Waals surface area contributed by atoms with E-state index in [0.29, 0.717) is 0 Å². The van der Waals surface area contributed by atoms with Gasteiger partial charge in [0.1, 0.15) is 0 Å². The third-order valence-electron chi connectivity index (χ3n) is 5.51. The lowest BCUT2D eigenvalue weighted by Crippen LogP contribution is -2.05. The van der Waals surface area contributed by atoms with E-state index in [4.69, 9.17) is 0 Å². The molecule has 0 radical (unpaired) electrons. The number of nitro groups is 1. The maximum Gasteiger partial charge on any atom is 0.269 e. The Hall–Kier alpha value is -3.40. The zero-order valence-corrected chi connectivity index (χ0v) is 14.7. The fraction of sp³-hybridized carbons (Fsp3) is 0.130. The number of aromatic nitrogens is 1. The normalized spacial score (nSPS) is 15.8. The number of rotatable bonds is 3. The molecule has 2 heterocycles. The molecule has 0 fully saturated rings. The monoisotopic (exact) mass is 354 g/mol. The lowest BCUT2D eigenvalue weighted by molar-refractivity contribution is -0.384. The van der Waals surface area contributed by atoms with Crippen LogP contribution in [-0.2, 0) is 6.42 Å². The molecule has 1 aromatic heterocycles. The van der Waals surface area contributed by atoms with E-state index in [-0.39, 0.29) is 16.7 Å². The Kier molecular flexibility index (Phi) is 3.57. The second-order valence-corrected chi connectivity index (χ2v) is 6.98. The Morgan fingerprint density at radius 3 is 2.52 bits per heavy atom. The predicted molar refractivity (Wildman–Crippen MR) is 107 cm³/mol. The number of non-ortho nitro benzene ring substituents is 1. The van der Waals surface area contributed by atoms with E-state index in [1.807, 2.05) is 12.1 Å². The number of para-hydroxylation sites is 1. The van der Waals surface area contributed by atoms with E-state index < -0.39 is 0 Å². The summed E-state index contributed by atoms with van der Waals surface area (Å²) >= 11 is 0. The predicted octanol–water partition coefficient (Wildman–Crippen LogP) is 5.75. The van der Waals surface area contributed by atoms with Crippen molar-refractivity contribution in [1.29, 1.82) is 0 Å². The van der Waals surface area contributed by atoms with Crippen LogP contribution >= 0.6 is 0 Å². The minimum Gasteiger partial charge on any atom is -0.336 e. The van der Waals surface area contributed by atoms with Gasteiger partial charge in [-0.15, -0.1) is 0 Å². The maximum atomic E-state index is 11.2. The van der Waals surface area contributed by atoms with E-state index in [9.17, 15) is 10.1 Å². The lowest BCUT2D eigenvalue weighted by atomic mass is 9.98. The zero-order valence-electron chi connectivity index (χ0n) is 14.7. The van der Waals surface area contributed by atoms with Gasteiger partial charge in [-0.05, 0) is 30.0 Å². The molecule has 4 nitrogen and oxygen atoms in total. The third kappa shape index (κ3) is 2.45. The summed E-state index contributed by atoms with van der Waals surface area (Å²) in [5.41, 5.74) is 6.18. The average molecular weight is 354 g/mol. The van der Waals surface area contributed by atoms with Crippen molar-refractivity contribution < 1.29 is 4.92 Å². The van der Waals surface area contributed by atoms with Gasteiger partial charge in [0.05, 0.1) is 11.0 Å². The highest BCUT2D eigenvalue weighted by Gasteiger charge is 2.30. The molecule has 0 saturated heterocycles. The SMILES string of the molecule is O=[N+]([O-])c1cccc(C2CCc3c(-c4ccccc4)c4ccccc4n32)c1. The van der Waals surface area contributed by atoms with Gasteiger partial charge in [-0.3, -0.25) is 10.1 Å². The van der Waals surface area contributed by atoms with E-state index in [1.165, 1.54) is 27.7 Å². The highest BCUT2D eigenvalue weighted by atomic mass is 16.6. The summed E-state index contributed by atoms with van der Waals surface area (Å²) < 4.78 is 2.39. The number of hydrogen-bond donors (Lipinski definition) is 0. The van der Waals surface area contributed by atoms with Crippen molar-refractivity contribution in [2.75, 3.05) is 0 Å². The third-order valence-corrected chi connectivity index (χ3v) is 5.51. The largest absolute Gasteiger partial charge is 0.336 e. The van der Waals surface area contributed by atoms with Crippen LogP contribution in [0.4, 0.5) is 5.69 Å². The molecule has 1 aliphatic rings. The van der Waals surface area contributed by atoms with Crippen molar-refractivity contribution in [1.82, 2.24) is 4.57 Å². The van der Waals surface area contributed by atoms with Crippen molar-refractivity contribution in [3.8, 4) is 11.1 Å². The summed E-state index contributed by atoms with van der Waals surface area (Å²) in [6.07, 6.45) is 1.92. The summed E-state index contributed by atoms with van der Waals surface area (Å²) in [4.78, 5) is 10.9. The summed E-state index contributed by atoms with van der Waals surface area (Å²) in [5.74, 6) is 0. The van der Waals surface area contributed by atoms with Gasteiger partial charge in [0.25, 0.3) is 5.69 Å². The molecule has 0 bridgehead atoms. The molecule has 132 valence electrons. The van der Waals surface area contributed by atoms with Crippen molar-refractivity contribution >= 4 is 16.6 Å². The number of benzene rings is 3. The van der Waals surface area contributed by atoms with Crippen LogP contribution in [0.15, 0.2) is 78.9 Å². The van der Waals surface area contributed by atoms with Crippen molar-refractivity contribution in [2.45, 2.75) is 18.9 Å². The van der Waals surface area contributed by atoms with Crippen molar-refractivity contribution in [3.63, 3.8) is 0 Å². The molecule has 1 unspecified atom stereocenters. The van der Waals surface area contributed by atoms with E-state index in [0.717, 1.165) is 18.4 Å². The molecule has 0 aliphatic carbocycles. The molecule has 0 spiro atoms. The molecule has 0 saturated carbocycles. The van der Waals surface area contributed by atoms with Crippen LogP contribution in [-0.4, -0.2) is 9.49 Å². The van der Waals surface area contributed by atoms with Crippen LogP contribution in [0.25, 0.3) is 22.0 Å². The highest BCUT2D eigenvalue weighted by Crippen LogP contribution is 2.44. The van der Waals surface area contributed by atoms with Crippen molar-refractivity contribution in [2.24, 2.45) is 0 Å². The molecule has 3 aromatic carbocycles. The number of hydrogen-bond acceptors (Lipinski definition) is 2. The smallest absolute Gasteiger partial charge is 0.269 e. The Morgan fingerprint density at radius 1 is 0.926 bits per heavy atom. The highest BCUT2D eigenvalue weighted by molar-refractivity contribution is 5.98. The topological polar surface area (TPSA) is 48.1 Å². The first-order valence-electron chi connectivity index (χ1n) is 9.15. The van der Waals surface area contributed by atoms with Gasteiger partial charge in [0.15, 0.2) is 0 Å². The van der Waals surface area contributed by atoms with Crippen LogP contribution in [0.1, 0.15) is 23.7 Å². The molecular formula is C23H18N2O2. The lowest BCUT2D eigenvalue weighted by Gasteiger charge is -2.15.